The number of rotatable bonds is 2. The second-order valence-corrected chi connectivity index (χ2v) is 6.28. The third-order valence-corrected chi connectivity index (χ3v) is 4.48. The molecular weight excluding hydrogens is 407 g/mol. The van der Waals surface area contributed by atoms with Gasteiger partial charge >= 0.3 is 5.69 Å². The summed E-state index contributed by atoms with van der Waals surface area (Å²) in [5, 5.41) is 10.5. The van der Waals surface area contributed by atoms with Gasteiger partial charge in [-0.1, -0.05) is 22.0 Å². The smallest absolute Gasteiger partial charge is 0.323 e. The van der Waals surface area contributed by atoms with Crippen LogP contribution in [-0.4, -0.2) is 15.1 Å². The van der Waals surface area contributed by atoms with E-state index in [1.54, 1.807) is 12.1 Å². The number of benzene rings is 2. The molecule has 0 amide bonds. The molecule has 2 aromatic carbocycles. The normalized spacial score (nSPS) is 12.8. The molecule has 0 saturated carbocycles. The van der Waals surface area contributed by atoms with Crippen LogP contribution in [-0.2, 0) is 0 Å². The fourth-order valence-corrected chi connectivity index (χ4v) is 3.10. The number of aromatic amines is 2. The summed E-state index contributed by atoms with van der Waals surface area (Å²) in [6.45, 7) is 0. The molecule has 0 fully saturated rings. The lowest BCUT2D eigenvalue weighted by Gasteiger charge is -2.14. The molecule has 0 aliphatic carbocycles. The molecular formula is C14H9Br2FN2O2. The highest BCUT2D eigenvalue weighted by Crippen LogP contribution is 2.32. The number of halogens is 3. The first-order valence-electron chi connectivity index (χ1n) is 6.00. The minimum atomic E-state index is -0.945. The molecule has 1 unspecified atom stereocenters. The first kappa shape index (κ1) is 14.5. The highest BCUT2D eigenvalue weighted by molar-refractivity contribution is 9.10. The molecule has 1 heterocycles. The summed E-state index contributed by atoms with van der Waals surface area (Å²) in [5.74, 6) is -0.393. The summed E-state index contributed by atoms with van der Waals surface area (Å²) in [6, 6.07) is 7.72. The third-order valence-electron chi connectivity index (χ3n) is 3.19. The molecule has 0 aliphatic rings. The maximum Gasteiger partial charge on any atom is 0.323 e. The summed E-state index contributed by atoms with van der Waals surface area (Å²) in [7, 11) is 0. The van der Waals surface area contributed by atoms with Crippen LogP contribution in [0.5, 0.6) is 0 Å². The van der Waals surface area contributed by atoms with Gasteiger partial charge in [0.05, 0.1) is 15.5 Å². The number of aliphatic hydroxyl groups excluding tert-OH is 1. The van der Waals surface area contributed by atoms with Gasteiger partial charge in [0.1, 0.15) is 11.9 Å². The van der Waals surface area contributed by atoms with E-state index in [4.69, 9.17) is 0 Å². The van der Waals surface area contributed by atoms with E-state index in [-0.39, 0.29) is 10.2 Å². The van der Waals surface area contributed by atoms with Gasteiger partial charge in [0.15, 0.2) is 0 Å². The molecule has 0 bridgehead atoms. The number of imidazole rings is 1. The first-order valence-corrected chi connectivity index (χ1v) is 7.59. The van der Waals surface area contributed by atoms with Crippen LogP contribution in [0.1, 0.15) is 17.2 Å². The molecule has 4 nitrogen and oxygen atoms in total. The Kier molecular flexibility index (Phi) is 3.73. The van der Waals surface area contributed by atoms with Gasteiger partial charge in [0, 0.05) is 10.0 Å². The predicted octanol–water partition coefficient (Wildman–Crippen LogP) is 3.60. The SMILES string of the molecule is O=c1[nH]c2cc(Br)c(C(O)c3ccc(F)c(Br)c3)cc2[nH]1. The first-order chi connectivity index (χ1) is 9.95. The minimum absolute atomic E-state index is 0.284. The molecule has 3 N–H and O–H groups in total. The zero-order valence-corrected chi connectivity index (χ0v) is 13.6. The van der Waals surface area contributed by atoms with Crippen LogP contribution >= 0.6 is 31.9 Å². The van der Waals surface area contributed by atoms with E-state index < -0.39 is 11.9 Å². The van der Waals surface area contributed by atoms with Gasteiger partial charge in [-0.25, -0.2) is 9.18 Å². The van der Waals surface area contributed by atoms with Crippen LogP contribution in [0.15, 0.2) is 44.1 Å². The van der Waals surface area contributed by atoms with E-state index in [1.807, 2.05) is 0 Å². The number of aromatic nitrogens is 2. The maximum absolute atomic E-state index is 13.3. The van der Waals surface area contributed by atoms with Crippen molar-refractivity contribution in [2.24, 2.45) is 0 Å². The van der Waals surface area contributed by atoms with Crippen molar-refractivity contribution in [3.63, 3.8) is 0 Å². The lowest BCUT2D eigenvalue weighted by molar-refractivity contribution is 0.219. The second-order valence-electron chi connectivity index (χ2n) is 4.57. The highest BCUT2D eigenvalue weighted by atomic mass is 79.9. The van der Waals surface area contributed by atoms with Crippen molar-refractivity contribution < 1.29 is 9.50 Å². The van der Waals surface area contributed by atoms with E-state index in [1.165, 1.54) is 18.2 Å². The Morgan fingerprint density at radius 3 is 2.38 bits per heavy atom. The monoisotopic (exact) mass is 414 g/mol. The lowest BCUT2D eigenvalue weighted by atomic mass is 10.0. The summed E-state index contributed by atoms with van der Waals surface area (Å²) < 4.78 is 14.2. The van der Waals surface area contributed by atoms with Crippen molar-refractivity contribution in [1.29, 1.82) is 0 Å². The highest BCUT2D eigenvalue weighted by Gasteiger charge is 2.16. The number of nitrogens with one attached hydrogen (secondary N) is 2. The lowest BCUT2D eigenvalue weighted by Crippen LogP contribution is -2.01. The van der Waals surface area contributed by atoms with Crippen molar-refractivity contribution >= 4 is 42.9 Å². The Labute approximate surface area is 135 Å². The Morgan fingerprint density at radius 1 is 1.05 bits per heavy atom. The number of hydrogen-bond donors (Lipinski definition) is 3. The van der Waals surface area contributed by atoms with Gasteiger partial charge in [0.2, 0.25) is 0 Å². The molecule has 3 aromatic rings. The zero-order chi connectivity index (χ0) is 15.1. The molecule has 108 valence electrons. The fraction of sp³-hybridized carbons (Fsp3) is 0.0714. The predicted molar refractivity (Wildman–Crippen MR) is 84.8 cm³/mol. The van der Waals surface area contributed by atoms with Gasteiger partial charge in [-0.15, -0.1) is 0 Å². The molecule has 3 rings (SSSR count). The van der Waals surface area contributed by atoms with E-state index in [9.17, 15) is 14.3 Å². The molecule has 0 aliphatic heterocycles. The quantitative estimate of drug-likeness (QED) is 0.598. The maximum atomic E-state index is 13.3. The molecule has 0 spiro atoms. The fourth-order valence-electron chi connectivity index (χ4n) is 2.14. The van der Waals surface area contributed by atoms with Crippen molar-refractivity contribution in [3.05, 3.63) is 66.7 Å². The molecule has 21 heavy (non-hydrogen) atoms. The van der Waals surface area contributed by atoms with Crippen molar-refractivity contribution in [2.75, 3.05) is 0 Å². The van der Waals surface area contributed by atoms with Crippen LogP contribution in [0, 0.1) is 5.82 Å². The van der Waals surface area contributed by atoms with E-state index in [2.05, 4.69) is 41.8 Å². The van der Waals surface area contributed by atoms with Crippen molar-refractivity contribution in [2.45, 2.75) is 6.10 Å². The van der Waals surface area contributed by atoms with E-state index in [0.717, 1.165) is 0 Å². The van der Waals surface area contributed by atoms with Crippen molar-refractivity contribution in [3.8, 4) is 0 Å². The van der Waals surface area contributed by atoms with Crippen LogP contribution in [0.4, 0.5) is 4.39 Å². The minimum Gasteiger partial charge on any atom is -0.384 e. The Balaban J connectivity index is 2.11. The Hall–Kier alpha value is -1.44. The van der Waals surface area contributed by atoms with Crippen LogP contribution < -0.4 is 5.69 Å². The zero-order valence-electron chi connectivity index (χ0n) is 10.5. The van der Waals surface area contributed by atoms with Crippen LogP contribution in [0.25, 0.3) is 11.0 Å². The second kappa shape index (κ2) is 5.40. The topological polar surface area (TPSA) is 68.9 Å². The summed E-state index contributed by atoms with van der Waals surface area (Å²) in [4.78, 5) is 16.6. The molecule has 1 aromatic heterocycles. The molecule has 0 radical (unpaired) electrons. The number of fused-ring (bicyclic) bond motifs is 1. The molecule has 1 atom stereocenters. The van der Waals surface area contributed by atoms with E-state index in [0.29, 0.717) is 26.6 Å². The van der Waals surface area contributed by atoms with Crippen molar-refractivity contribution in [1.82, 2.24) is 9.97 Å². The Morgan fingerprint density at radius 2 is 1.71 bits per heavy atom. The summed E-state index contributed by atoms with van der Waals surface area (Å²) in [6.07, 6.45) is -0.945. The average Bonchev–Trinajstić information content (AvgIpc) is 2.79. The molecule has 7 heteroatoms. The standard InChI is InChI=1S/C14H9Br2FN2O2/c15-8-5-12-11(18-14(21)19-12)4-7(8)13(20)6-1-2-10(17)9(16)3-6/h1-5,13,20H,(H2,18,19,21). The van der Waals surface area contributed by atoms with Gasteiger partial charge in [0.25, 0.3) is 0 Å². The van der Waals surface area contributed by atoms with Crippen LogP contribution in [0.3, 0.4) is 0 Å². The average molecular weight is 416 g/mol. The van der Waals surface area contributed by atoms with Gasteiger partial charge in [-0.2, -0.15) is 0 Å². The van der Waals surface area contributed by atoms with Gasteiger partial charge < -0.3 is 15.1 Å². The van der Waals surface area contributed by atoms with E-state index >= 15 is 0 Å². The number of aliphatic hydroxyl groups is 1. The third kappa shape index (κ3) is 2.68. The number of H-pyrrole nitrogens is 2. The van der Waals surface area contributed by atoms with Gasteiger partial charge in [-0.3, -0.25) is 0 Å². The summed E-state index contributed by atoms with van der Waals surface area (Å²) >= 11 is 6.47. The molecule has 0 saturated heterocycles. The van der Waals surface area contributed by atoms with Crippen LogP contribution in [0.2, 0.25) is 0 Å². The number of hydrogen-bond acceptors (Lipinski definition) is 2. The van der Waals surface area contributed by atoms with Gasteiger partial charge in [-0.05, 0) is 45.8 Å². The Bertz CT molecular complexity index is 888. The largest absolute Gasteiger partial charge is 0.384 e. The summed E-state index contributed by atoms with van der Waals surface area (Å²) in [5.41, 5.74) is 2.05.